The first-order valence-corrected chi connectivity index (χ1v) is 13.4. The molecule has 0 bridgehead atoms. The number of aliphatic hydroxyl groups excluding tert-OH is 1. The molecular weight excluding hydrogens is 598 g/mol. The van der Waals surface area contributed by atoms with Crippen molar-refractivity contribution in [2.45, 2.75) is 110 Å². The highest BCUT2D eigenvalue weighted by Gasteiger charge is 2.54. The van der Waals surface area contributed by atoms with E-state index in [1.165, 1.54) is 0 Å². The molecular formula is C26H37NO17. The fourth-order valence-electron chi connectivity index (χ4n) is 4.62. The van der Waals surface area contributed by atoms with E-state index in [2.05, 4.69) is 5.32 Å². The first-order chi connectivity index (χ1) is 20.5. The monoisotopic (exact) mass is 635 g/mol. The van der Waals surface area contributed by atoms with Crippen molar-refractivity contribution in [1.82, 2.24) is 5.32 Å². The fraction of sp³-hybridized carbons (Fsp3) is 0.731. The standard InChI is InChI=1S/C26H37NO17/c1-10(28)27-19-22(40-14(5)32)20(38-12(3)30)17(43-25(19)35)9-37-26-24(42-16(7)34)23(41-15(6)33)21(39-13(4)31)18(44-26)8-36-11(2)29/h17-26,35H,8-9H2,1-7H3,(H,27,28)/t17-,18-,19-,20+,21+,22-,23+,24-,25+,26-/m1/s1. The Kier molecular flexibility index (Phi) is 13.4. The third-order valence-corrected chi connectivity index (χ3v) is 6.01. The molecule has 2 N–H and O–H groups in total. The topological polar surface area (TPSA) is 235 Å². The van der Waals surface area contributed by atoms with Gasteiger partial charge in [0.25, 0.3) is 0 Å². The van der Waals surface area contributed by atoms with E-state index < -0.39 is 116 Å². The van der Waals surface area contributed by atoms with Crippen LogP contribution >= 0.6 is 0 Å². The minimum absolute atomic E-state index is 0.515. The van der Waals surface area contributed by atoms with Crippen LogP contribution in [0.2, 0.25) is 0 Å². The van der Waals surface area contributed by atoms with Gasteiger partial charge in [0.1, 0.15) is 24.9 Å². The summed E-state index contributed by atoms with van der Waals surface area (Å²) in [7, 11) is 0. The van der Waals surface area contributed by atoms with Crippen LogP contribution in [0.15, 0.2) is 0 Å². The second kappa shape index (κ2) is 16.3. The van der Waals surface area contributed by atoms with Gasteiger partial charge in [-0.1, -0.05) is 0 Å². The highest BCUT2D eigenvalue weighted by molar-refractivity contribution is 5.74. The van der Waals surface area contributed by atoms with Crippen molar-refractivity contribution in [1.29, 1.82) is 0 Å². The Morgan fingerprint density at radius 1 is 0.568 bits per heavy atom. The zero-order chi connectivity index (χ0) is 33.3. The number of aliphatic hydroxyl groups is 1. The number of hydrogen-bond donors (Lipinski definition) is 2. The molecule has 2 aliphatic heterocycles. The molecule has 10 atom stereocenters. The molecule has 0 aliphatic carbocycles. The average Bonchev–Trinajstić information content (AvgIpc) is 2.87. The summed E-state index contributed by atoms with van der Waals surface area (Å²) < 4.78 is 48.9. The number of carbonyl (C=O) groups excluding carboxylic acids is 7. The summed E-state index contributed by atoms with van der Waals surface area (Å²) in [5.41, 5.74) is 0. The first kappa shape index (κ1) is 36.3. The van der Waals surface area contributed by atoms with Crippen LogP contribution < -0.4 is 5.32 Å². The molecule has 2 rings (SSSR count). The number of hydrogen-bond acceptors (Lipinski definition) is 17. The molecule has 248 valence electrons. The molecule has 18 nitrogen and oxygen atoms in total. The summed E-state index contributed by atoms with van der Waals surface area (Å²) in [6, 6.07) is -1.36. The number of amides is 1. The minimum Gasteiger partial charge on any atom is -0.463 e. The molecule has 0 saturated carbocycles. The summed E-state index contributed by atoms with van der Waals surface area (Å²) in [5, 5.41) is 13.1. The van der Waals surface area contributed by atoms with E-state index in [0.29, 0.717) is 0 Å². The molecule has 2 fully saturated rings. The molecule has 44 heavy (non-hydrogen) atoms. The van der Waals surface area contributed by atoms with E-state index in [4.69, 9.17) is 42.6 Å². The van der Waals surface area contributed by atoms with Crippen molar-refractivity contribution in [2.24, 2.45) is 0 Å². The smallest absolute Gasteiger partial charge is 0.303 e. The van der Waals surface area contributed by atoms with Gasteiger partial charge in [0.05, 0.1) is 6.61 Å². The summed E-state index contributed by atoms with van der Waals surface area (Å²) >= 11 is 0. The fourth-order valence-corrected chi connectivity index (χ4v) is 4.62. The van der Waals surface area contributed by atoms with Gasteiger partial charge in [0.2, 0.25) is 5.91 Å². The summed E-state index contributed by atoms with van der Waals surface area (Å²) in [5.74, 6) is -5.59. The Labute approximate surface area is 251 Å². The summed E-state index contributed by atoms with van der Waals surface area (Å²) in [4.78, 5) is 83.2. The zero-order valence-electron chi connectivity index (χ0n) is 25.2. The molecule has 0 radical (unpaired) electrons. The van der Waals surface area contributed by atoms with Crippen molar-refractivity contribution in [3.05, 3.63) is 0 Å². The van der Waals surface area contributed by atoms with E-state index in [9.17, 15) is 38.7 Å². The van der Waals surface area contributed by atoms with Gasteiger partial charge in [-0.2, -0.15) is 0 Å². The second-order valence-electron chi connectivity index (χ2n) is 9.84. The molecule has 18 heteroatoms. The average molecular weight is 636 g/mol. The van der Waals surface area contributed by atoms with E-state index in [1.54, 1.807) is 0 Å². The van der Waals surface area contributed by atoms with Gasteiger partial charge in [-0.15, -0.1) is 0 Å². The molecule has 1 amide bonds. The molecule has 0 unspecified atom stereocenters. The lowest BCUT2D eigenvalue weighted by Gasteiger charge is -2.46. The summed E-state index contributed by atoms with van der Waals surface area (Å²) in [6.07, 6.45) is -13.6. The Morgan fingerprint density at radius 2 is 1.00 bits per heavy atom. The van der Waals surface area contributed by atoms with Gasteiger partial charge >= 0.3 is 35.8 Å². The lowest BCUT2D eigenvalue weighted by atomic mass is 9.96. The van der Waals surface area contributed by atoms with Crippen LogP contribution in [0.3, 0.4) is 0 Å². The van der Waals surface area contributed by atoms with Gasteiger partial charge in [0.15, 0.2) is 43.1 Å². The van der Waals surface area contributed by atoms with Crippen LogP contribution in [-0.2, 0) is 76.2 Å². The van der Waals surface area contributed by atoms with Crippen LogP contribution in [0.1, 0.15) is 48.5 Å². The van der Waals surface area contributed by atoms with Crippen molar-refractivity contribution in [3.63, 3.8) is 0 Å². The minimum atomic E-state index is -1.79. The number of esters is 6. The predicted molar refractivity (Wildman–Crippen MR) is 138 cm³/mol. The van der Waals surface area contributed by atoms with E-state index in [1.807, 2.05) is 0 Å². The van der Waals surface area contributed by atoms with E-state index >= 15 is 0 Å². The van der Waals surface area contributed by atoms with Crippen LogP contribution in [0.25, 0.3) is 0 Å². The number of rotatable bonds is 11. The molecule has 2 heterocycles. The molecule has 2 aliphatic rings. The maximum Gasteiger partial charge on any atom is 0.303 e. The third-order valence-electron chi connectivity index (χ3n) is 6.01. The molecule has 2 saturated heterocycles. The Morgan fingerprint density at radius 3 is 1.48 bits per heavy atom. The molecule has 0 aromatic heterocycles. The zero-order valence-corrected chi connectivity index (χ0v) is 25.2. The Hall–Kier alpha value is -3.87. The first-order valence-electron chi connectivity index (χ1n) is 13.4. The van der Waals surface area contributed by atoms with Crippen LogP contribution in [0.5, 0.6) is 0 Å². The van der Waals surface area contributed by atoms with Crippen LogP contribution in [-0.4, -0.2) is 121 Å². The van der Waals surface area contributed by atoms with Crippen molar-refractivity contribution >= 4 is 41.7 Å². The van der Waals surface area contributed by atoms with Gasteiger partial charge in [-0.25, -0.2) is 0 Å². The maximum atomic E-state index is 12.1. The maximum absolute atomic E-state index is 12.1. The van der Waals surface area contributed by atoms with Crippen LogP contribution in [0, 0.1) is 0 Å². The largest absolute Gasteiger partial charge is 0.463 e. The quantitative estimate of drug-likeness (QED) is 0.188. The SMILES string of the molecule is CC(=O)N[C@@H]1[C@@H](OC(C)=O)[C@@H](OC(C)=O)[C@@H](CO[C@@H]2O[C@H](COC(C)=O)[C@H](OC(C)=O)[C@H](OC(C)=O)[C@H]2OC(C)=O)O[C@@H]1O. The van der Waals surface area contributed by atoms with Crippen LogP contribution in [0.4, 0.5) is 0 Å². The summed E-state index contributed by atoms with van der Waals surface area (Å²) in [6.45, 7) is 6.37. The Balaban J connectivity index is 2.48. The van der Waals surface area contributed by atoms with E-state index in [0.717, 1.165) is 48.5 Å². The Bertz CT molecular complexity index is 1090. The number of ether oxygens (including phenoxy) is 9. The normalized spacial score (nSPS) is 31.5. The van der Waals surface area contributed by atoms with Crippen molar-refractivity contribution in [2.75, 3.05) is 13.2 Å². The third kappa shape index (κ3) is 10.7. The van der Waals surface area contributed by atoms with Gasteiger partial charge < -0.3 is 53.1 Å². The highest BCUT2D eigenvalue weighted by Crippen LogP contribution is 2.32. The number of nitrogens with one attached hydrogen (secondary N) is 1. The second-order valence-corrected chi connectivity index (χ2v) is 9.84. The van der Waals surface area contributed by atoms with Gasteiger partial charge in [-0.05, 0) is 0 Å². The van der Waals surface area contributed by atoms with Crippen molar-refractivity contribution in [3.8, 4) is 0 Å². The highest BCUT2D eigenvalue weighted by atomic mass is 16.7. The molecule has 0 aromatic carbocycles. The molecule has 0 spiro atoms. The lowest BCUT2D eigenvalue weighted by Crippen LogP contribution is -2.66. The molecule has 0 aromatic rings. The number of carbonyl (C=O) groups is 7. The van der Waals surface area contributed by atoms with Gasteiger partial charge in [-0.3, -0.25) is 33.6 Å². The predicted octanol–water partition coefficient (Wildman–Crippen LogP) is -1.83. The van der Waals surface area contributed by atoms with Gasteiger partial charge in [0, 0.05) is 48.5 Å². The lowest BCUT2D eigenvalue weighted by molar-refractivity contribution is -0.322. The van der Waals surface area contributed by atoms with Crippen molar-refractivity contribution < 1.29 is 81.3 Å². The van der Waals surface area contributed by atoms with E-state index in [-0.39, 0.29) is 0 Å².